The molecule has 1 saturated carbocycles. The molecule has 1 heterocycles. The third-order valence-corrected chi connectivity index (χ3v) is 6.56. The van der Waals surface area contributed by atoms with Crippen LogP contribution in [0, 0.1) is 0 Å². The predicted molar refractivity (Wildman–Crippen MR) is 94.1 cm³/mol. The molecule has 8 heteroatoms. The third-order valence-electron chi connectivity index (χ3n) is 4.15. The average Bonchev–Trinajstić information content (AvgIpc) is 2.56. The zero-order valence-corrected chi connectivity index (χ0v) is 14.7. The number of halogens is 1. The van der Waals surface area contributed by atoms with E-state index in [-0.39, 0.29) is 16.3 Å². The molecular formula is C16H19ClN4O2S. The van der Waals surface area contributed by atoms with Crippen LogP contribution < -0.4 is 5.32 Å². The fourth-order valence-corrected chi connectivity index (χ4v) is 5.03. The van der Waals surface area contributed by atoms with Crippen LogP contribution in [0.3, 0.4) is 0 Å². The Labute approximate surface area is 146 Å². The zero-order chi connectivity index (χ0) is 17.0. The van der Waals surface area contributed by atoms with Crippen molar-refractivity contribution in [3.63, 3.8) is 0 Å². The number of hydrogen-bond donors (Lipinski definition) is 1. The molecule has 0 bridgehead atoms. The molecule has 0 unspecified atom stereocenters. The highest BCUT2D eigenvalue weighted by Gasteiger charge is 2.27. The van der Waals surface area contributed by atoms with E-state index in [2.05, 4.69) is 20.3 Å². The maximum atomic E-state index is 12.6. The molecule has 2 aromatic rings. The molecule has 0 amide bonds. The quantitative estimate of drug-likeness (QED) is 0.871. The minimum Gasteiger partial charge on any atom is -0.324 e. The molecule has 0 radical (unpaired) electrons. The van der Waals surface area contributed by atoms with Gasteiger partial charge in [-0.1, -0.05) is 31.4 Å². The lowest BCUT2D eigenvalue weighted by Crippen LogP contribution is -2.25. The smallest absolute Gasteiger partial charge is 0.231 e. The molecule has 1 aromatic heterocycles. The average molecular weight is 367 g/mol. The van der Waals surface area contributed by atoms with Gasteiger partial charge >= 0.3 is 0 Å². The second kappa shape index (κ2) is 7.44. The number of anilines is 2. The molecule has 1 fully saturated rings. The van der Waals surface area contributed by atoms with Gasteiger partial charge in [0.05, 0.1) is 11.0 Å². The molecule has 0 saturated heterocycles. The fourth-order valence-electron chi connectivity index (χ4n) is 2.98. The molecule has 128 valence electrons. The second-order valence-electron chi connectivity index (χ2n) is 5.97. The van der Waals surface area contributed by atoms with Crippen molar-refractivity contribution in [1.82, 2.24) is 15.0 Å². The van der Waals surface area contributed by atoms with Crippen LogP contribution in [-0.2, 0) is 15.6 Å². The molecule has 3 rings (SSSR count). The van der Waals surface area contributed by atoms with Crippen molar-refractivity contribution in [2.24, 2.45) is 0 Å². The van der Waals surface area contributed by atoms with Crippen molar-refractivity contribution in [1.29, 1.82) is 0 Å². The van der Waals surface area contributed by atoms with Crippen molar-refractivity contribution in [3.05, 3.63) is 41.4 Å². The molecule has 1 N–H and O–H groups in total. The van der Waals surface area contributed by atoms with Crippen molar-refractivity contribution < 1.29 is 8.42 Å². The summed E-state index contributed by atoms with van der Waals surface area (Å²) in [7, 11) is -3.12. The summed E-state index contributed by atoms with van der Waals surface area (Å²) < 4.78 is 25.2. The van der Waals surface area contributed by atoms with E-state index in [0.717, 1.165) is 37.7 Å². The summed E-state index contributed by atoms with van der Waals surface area (Å²) in [6, 6.07) is 7.27. The van der Waals surface area contributed by atoms with E-state index < -0.39 is 9.84 Å². The summed E-state index contributed by atoms with van der Waals surface area (Å²) in [6.07, 6.45) is 6.03. The highest BCUT2D eigenvalue weighted by molar-refractivity contribution is 7.91. The first kappa shape index (κ1) is 17.1. The van der Waals surface area contributed by atoms with E-state index in [4.69, 9.17) is 11.6 Å². The summed E-state index contributed by atoms with van der Waals surface area (Å²) in [6.45, 7) is 0. The van der Waals surface area contributed by atoms with Crippen LogP contribution in [0.5, 0.6) is 0 Å². The highest BCUT2D eigenvalue weighted by Crippen LogP contribution is 2.27. The van der Waals surface area contributed by atoms with Crippen LogP contribution in [0.2, 0.25) is 5.28 Å². The third kappa shape index (κ3) is 4.42. The number of aromatic nitrogens is 3. The van der Waals surface area contributed by atoms with E-state index in [9.17, 15) is 8.42 Å². The standard InChI is InChI=1S/C16H19ClN4O2S/c17-15-18-11-19-16(21-15)20-13-6-4-5-12(9-13)10-24(22,23)14-7-2-1-3-8-14/h4-6,9,11,14H,1-3,7-8,10H2,(H,18,19,20,21). The van der Waals surface area contributed by atoms with Crippen molar-refractivity contribution in [3.8, 4) is 0 Å². The maximum absolute atomic E-state index is 12.6. The van der Waals surface area contributed by atoms with Gasteiger partial charge < -0.3 is 5.32 Å². The number of sulfone groups is 1. The van der Waals surface area contributed by atoms with Crippen LogP contribution >= 0.6 is 11.6 Å². The fraction of sp³-hybridized carbons (Fsp3) is 0.438. The van der Waals surface area contributed by atoms with Crippen LogP contribution in [-0.4, -0.2) is 28.6 Å². The number of rotatable bonds is 5. The van der Waals surface area contributed by atoms with Crippen LogP contribution in [0.15, 0.2) is 30.6 Å². The Hall–Kier alpha value is -1.73. The SMILES string of the molecule is O=S(=O)(Cc1cccc(Nc2ncnc(Cl)n2)c1)C1CCCCC1. The summed E-state index contributed by atoms with van der Waals surface area (Å²) in [5.41, 5.74) is 1.47. The van der Waals surface area contributed by atoms with Gasteiger partial charge in [0.2, 0.25) is 11.2 Å². The van der Waals surface area contributed by atoms with Crippen molar-refractivity contribution in [2.45, 2.75) is 43.1 Å². The summed E-state index contributed by atoms with van der Waals surface area (Å²) in [4.78, 5) is 11.7. The van der Waals surface area contributed by atoms with Gasteiger partial charge in [0.15, 0.2) is 9.84 Å². The largest absolute Gasteiger partial charge is 0.324 e. The number of nitrogens with one attached hydrogen (secondary N) is 1. The molecule has 0 atom stereocenters. The maximum Gasteiger partial charge on any atom is 0.231 e. The molecule has 1 aliphatic carbocycles. The van der Waals surface area contributed by atoms with Crippen molar-refractivity contribution in [2.75, 3.05) is 5.32 Å². The Bertz CT molecular complexity index is 807. The van der Waals surface area contributed by atoms with Gasteiger partial charge in [-0.2, -0.15) is 4.98 Å². The van der Waals surface area contributed by atoms with Gasteiger partial charge in [-0.15, -0.1) is 0 Å². The lowest BCUT2D eigenvalue weighted by atomic mass is 10.0. The monoisotopic (exact) mass is 366 g/mol. The van der Waals surface area contributed by atoms with Crippen molar-refractivity contribution >= 4 is 33.1 Å². The summed E-state index contributed by atoms with van der Waals surface area (Å²) in [5, 5.41) is 2.91. The Morgan fingerprint density at radius 1 is 1.17 bits per heavy atom. The lowest BCUT2D eigenvalue weighted by molar-refractivity contribution is 0.483. The Balaban J connectivity index is 1.73. The molecule has 1 aromatic carbocycles. The van der Waals surface area contributed by atoms with Gasteiger partial charge in [0, 0.05) is 5.69 Å². The number of benzene rings is 1. The van der Waals surface area contributed by atoms with E-state index in [1.807, 2.05) is 18.2 Å². The molecular weight excluding hydrogens is 348 g/mol. The van der Waals surface area contributed by atoms with E-state index >= 15 is 0 Å². The summed E-state index contributed by atoms with van der Waals surface area (Å²) >= 11 is 5.73. The first-order valence-electron chi connectivity index (χ1n) is 7.95. The molecule has 0 spiro atoms. The van der Waals surface area contributed by atoms with E-state index in [0.29, 0.717) is 11.6 Å². The van der Waals surface area contributed by atoms with E-state index in [1.165, 1.54) is 6.33 Å². The Morgan fingerprint density at radius 3 is 2.71 bits per heavy atom. The van der Waals surface area contributed by atoms with Gasteiger partial charge in [-0.25, -0.2) is 18.4 Å². The van der Waals surface area contributed by atoms with E-state index in [1.54, 1.807) is 6.07 Å². The first-order chi connectivity index (χ1) is 11.5. The normalized spacial score (nSPS) is 16.0. The first-order valence-corrected chi connectivity index (χ1v) is 10.0. The topological polar surface area (TPSA) is 84.8 Å². The van der Waals surface area contributed by atoms with Crippen LogP contribution in [0.1, 0.15) is 37.7 Å². The van der Waals surface area contributed by atoms with Gasteiger partial charge in [0.1, 0.15) is 6.33 Å². The molecule has 0 aliphatic heterocycles. The van der Waals surface area contributed by atoms with Gasteiger partial charge in [-0.05, 0) is 42.1 Å². The van der Waals surface area contributed by atoms with Crippen LogP contribution in [0.25, 0.3) is 0 Å². The highest BCUT2D eigenvalue weighted by atomic mass is 35.5. The summed E-state index contributed by atoms with van der Waals surface area (Å²) in [5.74, 6) is 0.382. The zero-order valence-electron chi connectivity index (χ0n) is 13.2. The lowest BCUT2D eigenvalue weighted by Gasteiger charge is -2.21. The van der Waals surface area contributed by atoms with Crippen LogP contribution in [0.4, 0.5) is 11.6 Å². The second-order valence-corrected chi connectivity index (χ2v) is 8.59. The minimum absolute atomic E-state index is 0.0607. The minimum atomic E-state index is -3.12. The molecule has 6 nitrogen and oxygen atoms in total. The number of nitrogens with zero attached hydrogens (tertiary/aromatic N) is 3. The molecule has 24 heavy (non-hydrogen) atoms. The molecule has 1 aliphatic rings. The van der Waals surface area contributed by atoms with Gasteiger partial charge in [0.25, 0.3) is 0 Å². The van der Waals surface area contributed by atoms with Gasteiger partial charge in [-0.3, -0.25) is 0 Å². The predicted octanol–water partition coefficient (Wildman–Crippen LogP) is 3.52. The Kier molecular flexibility index (Phi) is 5.30. The Morgan fingerprint density at radius 2 is 1.96 bits per heavy atom. The number of hydrogen-bond acceptors (Lipinski definition) is 6.